The number of nitro groups is 1. The monoisotopic (exact) mass is 350 g/mol. The Hall–Kier alpha value is -2.44. The van der Waals surface area contributed by atoms with Crippen molar-refractivity contribution in [2.45, 2.75) is 64.2 Å². The number of hydrogen-bond donors (Lipinski definition) is 1. The molecule has 0 bridgehead atoms. The van der Waals surface area contributed by atoms with E-state index in [-0.39, 0.29) is 17.6 Å². The van der Waals surface area contributed by atoms with Crippen LogP contribution in [0.2, 0.25) is 0 Å². The van der Waals surface area contributed by atoms with E-state index in [4.69, 9.17) is 10.5 Å². The van der Waals surface area contributed by atoms with E-state index >= 15 is 0 Å². The normalized spacial score (nSPS) is 10.4. The fourth-order valence-electron chi connectivity index (χ4n) is 2.45. The molecule has 0 heterocycles. The van der Waals surface area contributed by atoms with Crippen molar-refractivity contribution in [2.24, 2.45) is 5.73 Å². The van der Waals surface area contributed by atoms with Crippen LogP contribution in [0, 0.1) is 10.1 Å². The van der Waals surface area contributed by atoms with Crippen LogP contribution >= 0.6 is 0 Å². The number of carbonyl (C=O) groups is 2. The number of amides is 1. The van der Waals surface area contributed by atoms with E-state index in [1.54, 1.807) is 0 Å². The lowest BCUT2D eigenvalue weighted by Crippen LogP contribution is -2.09. The van der Waals surface area contributed by atoms with Crippen molar-refractivity contribution in [3.8, 4) is 5.75 Å². The number of rotatable bonds is 13. The molecule has 1 aromatic carbocycles. The van der Waals surface area contributed by atoms with Gasteiger partial charge in [-0.25, -0.2) is 0 Å². The molecule has 0 fully saturated rings. The molecule has 138 valence electrons. The Labute approximate surface area is 147 Å². The van der Waals surface area contributed by atoms with Gasteiger partial charge < -0.3 is 10.5 Å². The van der Waals surface area contributed by atoms with Crippen LogP contribution in [0.4, 0.5) is 5.69 Å². The lowest BCUT2D eigenvalue weighted by molar-refractivity contribution is -0.384. The lowest BCUT2D eigenvalue weighted by Gasteiger charge is -2.04. The van der Waals surface area contributed by atoms with Gasteiger partial charge in [0, 0.05) is 25.0 Å². The predicted octanol–water partition coefficient (Wildman–Crippen LogP) is 3.89. The Balaban J connectivity index is 2.01. The van der Waals surface area contributed by atoms with Crippen LogP contribution in [0.5, 0.6) is 5.75 Å². The van der Waals surface area contributed by atoms with Gasteiger partial charge in [0.25, 0.3) is 5.69 Å². The SMILES string of the molecule is NC(=O)CCCCCCCCCCC(=O)Oc1ccc([N+](=O)[O-])cc1. The predicted molar refractivity (Wildman–Crippen MR) is 94.1 cm³/mol. The summed E-state index contributed by atoms with van der Waals surface area (Å²) in [5.74, 6) is -0.229. The molecule has 2 N–H and O–H groups in total. The Morgan fingerprint density at radius 1 is 0.880 bits per heavy atom. The first-order chi connectivity index (χ1) is 12.0. The number of nitrogens with two attached hydrogens (primary N) is 1. The molecule has 0 aliphatic heterocycles. The number of nitro benzene ring substituents is 1. The van der Waals surface area contributed by atoms with Gasteiger partial charge in [0.15, 0.2) is 0 Å². The second-order valence-electron chi connectivity index (χ2n) is 6.02. The fraction of sp³-hybridized carbons (Fsp3) is 0.556. The molecule has 0 aliphatic carbocycles. The van der Waals surface area contributed by atoms with Gasteiger partial charge in [-0.3, -0.25) is 19.7 Å². The summed E-state index contributed by atoms with van der Waals surface area (Å²) in [5, 5.41) is 10.5. The molecule has 0 unspecified atom stereocenters. The Morgan fingerprint density at radius 3 is 1.84 bits per heavy atom. The first-order valence-corrected chi connectivity index (χ1v) is 8.72. The molecule has 7 nitrogen and oxygen atoms in total. The Morgan fingerprint density at radius 2 is 1.36 bits per heavy atom. The van der Waals surface area contributed by atoms with Gasteiger partial charge in [0.05, 0.1) is 4.92 Å². The van der Waals surface area contributed by atoms with Crippen molar-refractivity contribution < 1.29 is 19.2 Å². The molecule has 1 amide bonds. The van der Waals surface area contributed by atoms with E-state index in [1.165, 1.54) is 24.3 Å². The van der Waals surface area contributed by atoms with Crippen molar-refractivity contribution in [3.63, 3.8) is 0 Å². The average molecular weight is 350 g/mol. The Bertz CT molecular complexity index is 557. The first kappa shape index (κ1) is 20.6. The summed E-state index contributed by atoms with van der Waals surface area (Å²) in [7, 11) is 0. The van der Waals surface area contributed by atoms with Crippen molar-refractivity contribution >= 4 is 17.6 Å². The highest BCUT2D eigenvalue weighted by Gasteiger charge is 2.08. The smallest absolute Gasteiger partial charge is 0.311 e. The topological polar surface area (TPSA) is 113 Å². The molecule has 0 atom stereocenters. The summed E-state index contributed by atoms with van der Waals surface area (Å²) >= 11 is 0. The maximum Gasteiger partial charge on any atom is 0.311 e. The number of non-ortho nitro benzene ring substituents is 1. The molecule has 0 radical (unpaired) electrons. The minimum Gasteiger partial charge on any atom is -0.427 e. The third-order valence-electron chi connectivity index (χ3n) is 3.83. The van der Waals surface area contributed by atoms with Crippen LogP contribution in [-0.2, 0) is 9.59 Å². The molecule has 7 heteroatoms. The second-order valence-corrected chi connectivity index (χ2v) is 6.02. The molecule has 0 saturated heterocycles. The maximum atomic E-state index is 11.7. The van der Waals surface area contributed by atoms with Gasteiger partial charge in [-0.15, -0.1) is 0 Å². The molecular formula is C18H26N2O5. The zero-order valence-corrected chi connectivity index (χ0v) is 14.4. The van der Waals surface area contributed by atoms with Crippen molar-refractivity contribution in [3.05, 3.63) is 34.4 Å². The third-order valence-corrected chi connectivity index (χ3v) is 3.83. The van der Waals surface area contributed by atoms with Gasteiger partial charge in [0.1, 0.15) is 5.75 Å². The average Bonchev–Trinajstić information content (AvgIpc) is 2.56. The van der Waals surface area contributed by atoms with E-state index < -0.39 is 4.92 Å². The van der Waals surface area contributed by atoms with E-state index in [2.05, 4.69) is 0 Å². The second kappa shape index (κ2) is 12.0. The van der Waals surface area contributed by atoms with Crippen molar-refractivity contribution in [1.29, 1.82) is 0 Å². The summed E-state index contributed by atoms with van der Waals surface area (Å²) in [4.78, 5) is 32.3. The first-order valence-electron chi connectivity index (χ1n) is 8.72. The van der Waals surface area contributed by atoms with Gasteiger partial charge in [-0.2, -0.15) is 0 Å². The molecule has 1 rings (SSSR count). The number of hydrogen-bond acceptors (Lipinski definition) is 5. The minimum absolute atomic E-state index is 0.0329. The molecule has 0 aliphatic rings. The van der Waals surface area contributed by atoms with Gasteiger partial charge in [0.2, 0.25) is 5.91 Å². The van der Waals surface area contributed by atoms with Gasteiger partial charge >= 0.3 is 5.97 Å². The number of unbranched alkanes of at least 4 members (excludes halogenated alkanes) is 7. The lowest BCUT2D eigenvalue weighted by atomic mass is 10.1. The minimum atomic E-state index is -0.497. The summed E-state index contributed by atoms with van der Waals surface area (Å²) in [6.07, 6.45) is 8.88. The standard InChI is InChI=1S/C18H26N2O5/c19-17(21)9-7-5-3-1-2-4-6-8-10-18(22)25-16-13-11-15(12-14-16)20(23)24/h11-14H,1-10H2,(H2,19,21). The van der Waals surface area contributed by atoms with E-state index in [9.17, 15) is 19.7 Å². The third kappa shape index (κ3) is 10.1. The highest BCUT2D eigenvalue weighted by molar-refractivity contribution is 5.73. The van der Waals surface area contributed by atoms with Crippen molar-refractivity contribution in [2.75, 3.05) is 0 Å². The maximum absolute atomic E-state index is 11.7. The number of esters is 1. The van der Waals surface area contributed by atoms with Crippen LogP contribution in [-0.4, -0.2) is 16.8 Å². The number of carbonyl (C=O) groups excluding carboxylic acids is 2. The quantitative estimate of drug-likeness (QED) is 0.191. The molecule has 1 aromatic rings. The molecule has 0 spiro atoms. The summed E-state index contributed by atoms with van der Waals surface area (Å²) in [5.41, 5.74) is 5.04. The van der Waals surface area contributed by atoms with Crippen LogP contribution in [0.1, 0.15) is 64.2 Å². The highest BCUT2D eigenvalue weighted by Crippen LogP contribution is 2.18. The summed E-state index contributed by atoms with van der Waals surface area (Å²) in [6, 6.07) is 5.47. The number of benzene rings is 1. The number of nitrogens with zero attached hydrogens (tertiary/aromatic N) is 1. The zero-order chi connectivity index (χ0) is 18.5. The molecular weight excluding hydrogens is 324 g/mol. The van der Waals surface area contributed by atoms with E-state index in [0.29, 0.717) is 18.6 Å². The number of ether oxygens (including phenoxy) is 1. The zero-order valence-electron chi connectivity index (χ0n) is 14.4. The van der Waals surface area contributed by atoms with Crippen LogP contribution in [0.3, 0.4) is 0 Å². The van der Waals surface area contributed by atoms with Gasteiger partial charge in [-0.1, -0.05) is 38.5 Å². The number of primary amides is 1. The van der Waals surface area contributed by atoms with Gasteiger partial charge in [-0.05, 0) is 25.0 Å². The van der Waals surface area contributed by atoms with Crippen LogP contribution in [0.25, 0.3) is 0 Å². The molecule has 0 aromatic heterocycles. The van der Waals surface area contributed by atoms with E-state index in [1.807, 2.05) is 0 Å². The highest BCUT2D eigenvalue weighted by atomic mass is 16.6. The van der Waals surface area contributed by atoms with Crippen molar-refractivity contribution in [1.82, 2.24) is 0 Å². The van der Waals surface area contributed by atoms with Crippen LogP contribution in [0.15, 0.2) is 24.3 Å². The van der Waals surface area contributed by atoms with E-state index in [0.717, 1.165) is 51.4 Å². The molecule has 0 saturated carbocycles. The largest absolute Gasteiger partial charge is 0.427 e. The fourth-order valence-corrected chi connectivity index (χ4v) is 2.45. The summed E-state index contributed by atoms with van der Waals surface area (Å²) < 4.78 is 5.14. The van der Waals surface area contributed by atoms with Crippen LogP contribution < -0.4 is 10.5 Å². The Kier molecular flexibility index (Phi) is 9.89. The summed E-state index contributed by atoms with van der Waals surface area (Å²) in [6.45, 7) is 0. The molecule has 25 heavy (non-hydrogen) atoms.